The topological polar surface area (TPSA) is 29.5 Å². The number of hydrogen-bond acceptors (Lipinski definition) is 2. The van der Waals surface area contributed by atoms with Crippen LogP contribution in [0, 0.1) is 13.8 Å². The number of allylic oxidation sites excluding steroid dienone is 3. The minimum atomic E-state index is 0.141. The van der Waals surface area contributed by atoms with Crippen molar-refractivity contribution in [1.29, 1.82) is 0 Å². The standard InChI is InChI=1S/C21H30O2/c1-14(9-8-10-15(2)13-22)11-12-20-18(5)16(3)17(4)19(6)21(20)23-7/h10-11,22H,4,6,8-9,12-13H2,1-3,5,7H3/b14-11+,15-10+. The van der Waals surface area contributed by atoms with Crippen molar-refractivity contribution in [2.24, 2.45) is 0 Å². The minimum absolute atomic E-state index is 0.141. The number of benzene rings is 1. The van der Waals surface area contributed by atoms with Crippen molar-refractivity contribution in [3.8, 4) is 5.75 Å². The zero-order chi connectivity index (χ0) is 17.6. The quantitative estimate of drug-likeness (QED) is 0.782. The molecule has 23 heavy (non-hydrogen) atoms. The van der Waals surface area contributed by atoms with E-state index >= 15 is 0 Å². The summed E-state index contributed by atoms with van der Waals surface area (Å²) >= 11 is 0. The summed E-state index contributed by atoms with van der Waals surface area (Å²) in [5, 5.41) is 10.9. The van der Waals surface area contributed by atoms with Crippen LogP contribution < -0.4 is 15.2 Å². The van der Waals surface area contributed by atoms with E-state index < -0.39 is 0 Å². The maximum atomic E-state index is 9.01. The molecule has 0 bridgehead atoms. The van der Waals surface area contributed by atoms with Gasteiger partial charge in [-0.25, -0.2) is 0 Å². The Morgan fingerprint density at radius 2 is 1.70 bits per heavy atom. The van der Waals surface area contributed by atoms with Crippen molar-refractivity contribution in [3.05, 3.63) is 50.4 Å². The largest absolute Gasteiger partial charge is 0.496 e. The Balaban J connectivity index is 2.99. The van der Waals surface area contributed by atoms with Gasteiger partial charge in [-0.05, 0) is 63.3 Å². The van der Waals surface area contributed by atoms with Crippen molar-refractivity contribution < 1.29 is 9.84 Å². The van der Waals surface area contributed by atoms with Crippen LogP contribution in [0.15, 0.2) is 23.3 Å². The van der Waals surface area contributed by atoms with E-state index in [1.54, 1.807) is 7.11 Å². The second kappa shape index (κ2) is 8.73. The van der Waals surface area contributed by atoms with Crippen molar-refractivity contribution >= 4 is 13.2 Å². The molecular weight excluding hydrogens is 284 g/mol. The van der Waals surface area contributed by atoms with E-state index in [-0.39, 0.29) is 6.61 Å². The highest BCUT2D eigenvalue weighted by Gasteiger charge is 2.10. The van der Waals surface area contributed by atoms with Crippen molar-refractivity contribution in [2.45, 2.75) is 47.0 Å². The third-order valence-corrected chi connectivity index (χ3v) is 4.52. The van der Waals surface area contributed by atoms with Crippen LogP contribution in [0.1, 0.15) is 43.4 Å². The molecule has 0 fully saturated rings. The minimum Gasteiger partial charge on any atom is -0.496 e. The van der Waals surface area contributed by atoms with E-state index in [1.165, 1.54) is 22.3 Å². The molecule has 1 aromatic carbocycles. The fourth-order valence-corrected chi connectivity index (χ4v) is 2.65. The van der Waals surface area contributed by atoms with Gasteiger partial charge in [-0.3, -0.25) is 0 Å². The van der Waals surface area contributed by atoms with Crippen molar-refractivity contribution in [3.63, 3.8) is 0 Å². The highest BCUT2D eigenvalue weighted by molar-refractivity contribution is 5.48. The second-order valence-corrected chi connectivity index (χ2v) is 6.22. The van der Waals surface area contributed by atoms with E-state index in [9.17, 15) is 0 Å². The summed E-state index contributed by atoms with van der Waals surface area (Å²) in [7, 11) is 1.70. The summed E-state index contributed by atoms with van der Waals surface area (Å²) in [6.45, 7) is 16.7. The first-order valence-electron chi connectivity index (χ1n) is 8.09. The van der Waals surface area contributed by atoms with E-state index in [0.29, 0.717) is 0 Å². The van der Waals surface area contributed by atoms with Gasteiger partial charge in [-0.2, -0.15) is 0 Å². The Morgan fingerprint density at radius 3 is 2.26 bits per heavy atom. The van der Waals surface area contributed by atoms with Gasteiger partial charge in [0.05, 0.1) is 13.7 Å². The van der Waals surface area contributed by atoms with Crippen LogP contribution in [0.2, 0.25) is 0 Å². The molecule has 0 amide bonds. The average molecular weight is 314 g/mol. The molecule has 0 aromatic heterocycles. The number of aliphatic hydroxyl groups is 1. The van der Waals surface area contributed by atoms with Crippen molar-refractivity contribution in [2.75, 3.05) is 13.7 Å². The van der Waals surface area contributed by atoms with Gasteiger partial charge in [0, 0.05) is 10.8 Å². The van der Waals surface area contributed by atoms with Crippen LogP contribution in [0.3, 0.4) is 0 Å². The first-order chi connectivity index (χ1) is 10.8. The molecule has 0 unspecified atom stereocenters. The van der Waals surface area contributed by atoms with Crippen LogP contribution >= 0.6 is 0 Å². The lowest BCUT2D eigenvalue weighted by atomic mass is 9.95. The van der Waals surface area contributed by atoms with E-state index in [4.69, 9.17) is 9.84 Å². The Morgan fingerprint density at radius 1 is 1.04 bits per heavy atom. The van der Waals surface area contributed by atoms with E-state index in [0.717, 1.165) is 41.0 Å². The fourth-order valence-electron chi connectivity index (χ4n) is 2.65. The van der Waals surface area contributed by atoms with Gasteiger partial charge >= 0.3 is 0 Å². The SMILES string of the molecule is C=c1c(C)c(C)c(C/C=C(\C)CC/C=C(\C)CO)c(OC)c1=C. The zero-order valence-electron chi connectivity index (χ0n) is 15.3. The smallest absolute Gasteiger partial charge is 0.129 e. The Hall–Kier alpha value is -1.80. The zero-order valence-corrected chi connectivity index (χ0v) is 15.3. The maximum absolute atomic E-state index is 9.01. The molecule has 0 radical (unpaired) electrons. The highest BCUT2D eigenvalue weighted by atomic mass is 16.5. The van der Waals surface area contributed by atoms with Gasteiger partial charge in [0.1, 0.15) is 5.75 Å². The molecule has 0 aliphatic rings. The summed E-state index contributed by atoms with van der Waals surface area (Å²) < 4.78 is 5.58. The number of rotatable bonds is 7. The third-order valence-electron chi connectivity index (χ3n) is 4.52. The molecule has 126 valence electrons. The third kappa shape index (κ3) is 4.84. The lowest BCUT2D eigenvalue weighted by molar-refractivity contribution is 0.331. The van der Waals surface area contributed by atoms with Crippen LogP contribution in [0.4, 0.5) is 0 Å². The maximum Gasteiger partial charge on any atom is 0.129 e. The molecule has 1 rings (SSSR count). The molecule has 1 aromatic rings. The van der Waals surface area contributed by atoms with Gasteiger partial charge in [0.25, 0.3) is 0 Å². The molecule has 0 aliphatic heterocycles. The van der Waals surface area contributed by atoms with Gasteiger partial charge < -0.3 is 9.84 Å². The van der Waals surface area contributed by atoms with Crippen LogP contribution in [0.5, 0.6) is 5.75 Å². The average Bonchev–Trinajstić information content (AvgIpc) is 2.54. The molecule has 0 saturated carbocycles. The Labute approximate surface area is 140 Å². The fraction of sp³-hybridized carbons (Fsp3) is 0.429. The lowest BCUT2D eigenvalue weighted by Crippen LogP contribution is -2.29. The van der Waals surface area contributed by atoms with Gasteiger partial charge in [-0.15, -0.1) is 0 Å². The van der Waals surface area contributed by atoms with Crippen molar-refractivity contribution in [1.82, 2.24) is 0 Å². The predicted molar refractivity (Wildman–Crippen MR) is 100 cm³/mol. The predicted octanol–water partition coefficient (Wildman–Crippen LogP) is 3.34. The molecule has 0 saturated heterocycles. The molecule has 0 heterocycles. The van der Waals surface area contributed by atoms with Crippen LogP contribution in [0.25, 0.3) is 13.2 Å². The van der Waals surface area contributed by atoms with E-state index in [1.807, 2.05) is 6.92 Å². The molecule has 1 N–H and O–H groups in total. The van der Waals surface area contributed by atoms with Crippen LogP contribution in [-0.2, 0) is 6.42 Å². The van der Waals surface area contributed by atoms with Crippen LogP contribution in [-0.4, -0.2) is 18.8 Å². The molecule has 0 spiro atoms. The van der Waals surface area contributed by atoms with Gasteiger partial charge in [0.15, 0.2) is 0 Å². The summed E-state index contributed by atoms with van der Waals surface area (Å²) in [5.41, 5.74) is 6.00. The molecule has 0 atom stereocenters. The number of hydrogen-bond donors (Lipinski definition) is 1. The number of ether oxygens (including phenoxy) is 1. The first kappa shape index (κ1) is 19.2. The Kier molecular flexibility index (Phi) is 7.31. The summed E-state index contributed by atoms with van der Waals surface area (Å²) in [6.07, 6.45) is 7.16. The summed E-state index contributed by atoms with van der Waals surface area (Å²) in [6, 6.07) is 0. The summed E-state index contributed by atoms with van der Waals surface area (Å²) in [5.74, 6) is 0.859. The van der Waals surface area contributed by atoms with E-state index in [2.05, 4.69) is 46.1 Å². The normalized spacial score (nSPS) is 12.6. The molecule has 0 aliphatic carbocycles. The molecule has 2 nitrogen and oxygen atoms in total. The second-order valence-electron chi connectivity index (χ2n) is 6.22. The highest BCUT2D eigenvalue weighted by Crippen LogP contribution is 2.20. The number of methoxy groups -OCH3 is 1. The monoisotopic (exact) mass is 314 g/mol. The number of aliphatic hydroxyl groups excluding tert-OH is 1. The first-order valence-corrected chi connectivity index (χ1v) is 8.09. The lowest BCUT2D eigenvalue weighted by Gasteiger charge is -2.15. The Bertz CT molecular complexity index is 709. The van der Waals surface area contributed by atoms with Gasteiger partial charge in [-0.1, -0.05) is 36.5 Å². The van der Waals surface area contributed by atoms with Gasteiger partial charge in [0.2, 0.25) is 0 Å². The molecule has 2 heteroatoms. The molecular formula is C21H30O2. The summed E-state index contributed by atoms with van der Waals surface area (Å²) in [4.78, 5) is 0.